The molecule has 1 aliphatic heterocycles. The molecule has 0 aromatic heterocycles. The number of carbonyl (C=O) groups excluding carboxylic acids is 3. The first kappa shape index (κ1) is 27.0. The maximum absolute atomic E-state index is 13.0. The highest BCUT2D eigenvalue weighted by atomic mass is 16.6. The molecule has 8 nitrogen and oxygen atoms in total. The molecule has 2 aromatic carbocycles. The Morgan fingerprint density at radius 1 is 0.895 bits per heavy atom. The van der Waals surface area contributed by atoms with Crippen molar-refractivity contribution < 1.29 is 38.8 Å². The Morgan fingerprint density at radius 2 is 1.53 bits per heavy atom. The number of esters is 3. The van der Waals surface area contributed by atoms with Crippen LogP contribution in [0.4, 0.5) is 0 Å². The number of carbonyl (C=O) groups is 3. The molecule has 0 unspecified atom stereocenters. The van der Waals surface area contributed by atoms with Gasteiger partial charge in [-0.05, 0) is 75.3 Å². The first-order valence-corrected chi connectivity index (χ1v) is 12.8. The van der Waals surface area contributed by atoms with Crippen molar-refractivity contribution in [2.24, 2.45) is 11.8 Å². The van der Waals surface area contributed by atoms with E-state index in [1.54, 1.807) is 24.3 Å². The standard InChI is InChI=1S/C30H32O8/c1-19-9-3-2-4-10-20-17-21(37-29(34)22-11-5-7-13-25(22)31)18-24(20)27(15-16-28(33)36-19)38-30(35)23-12-6-8-14-26(23)32/h4-8,10-16,19-21,24,27,31-32H,2-3,9,17-18H2,1H3/b10-4+,16-15+/t19-,20+,21-,24+,27+/m0/s1. The van der Waals surface area contributed by atoms with E-state index in [1.165, 1.54) is 36.4 Å². The first-order valence-electron chi connectivity index (χ1n) is 12.8. The van der Waals surface area contributed by atoms with E-state index in [0.717, 1.165) is 12.8 Å². The van der Waals surface area contributed by atoms with Crippen LogP contribution >= 0.6 is 0 Å². The van der Waals surface area contributed by atoms with Crippen molar-refractivity contribution in [3.8, 4) is 11.5 Å². The van der Waals surface area contributed by atoms with Crippen molar-refractivity contribution in [1.82, 2.24) is 0 Å². The van der Waals surface area contributed by atoms with Crippen LogP contribution in [-0.4, -0.2) is 46.4 Å². The van der Waals surface area contributed by atoms with Crippen LogP contribution in [0.15, 0.2) is 72.8 Å². The summed E-state index contributed by atoms with van der Waals surface area (Å²) in [6, 6.07) is 12.2. The topological polar surface area (TPSA) is 119 Å². The Kier molecular flexibility index (Phi) is 8.84. The Hall–Kier alpha value is -4.07. The highest BCUT2D eigenvalue weighted by molar-refractivity contribution is 5.93. The summed E-state index contributed by atoms with van der Waals surface area (Å²) in [5.41, 5.74) is 0.0807. The average molecular weight is 521 g/mol. The van der Waals surface area contributed by atoms with Crippen molar-refractivity contribution in [3.63, 3.8) is 0 Å². The van der Waals surface area contributed by atoms with Crippen LogP contribution in [-0.2, 0) is 19.0 Å². The zero-order valence-electron chi connectivity index (χ0n) is 21.2. The maximum Gasteiger partial charge on any atom is 0.342 e. The van der Waals surface area contributed by atoms with E-state index in [0.29, 0.717) is 19.3 Å². The summed E-state index contributed by atoms with van der Waals surface area (Å²) in [5.74, 6) is -2.71. The highest BCUT2D eigenvalue weighted by Gasteiger charge is 2.41. The predicted molar refractivity (Wildman–Crippen MR) is 139 cm³/mol. The van der Waals surface area contributed by atoms with Gasteiger partial charge in [-0.1, -0.05) is 36.4 Å². The number of hydrogen-bond acceptors (Lipinski definition) is 8. The van der Waals surface area contributed by atoms with E-state index in [4.69, 9.17) is 14.2 Å². The van der Waals surface area contributed by atoms with Crippen molar-refractivity contribution in [3.05, 3.63) is 84.0 Å². The minimum absolute atomic E-state index is 0.00707. The molecule has 200 valence electrons. The monoisotopic (exact) mass is 520 g/mol. The molecule has 0 saturated heterocycles. The van der Waals surface area contributed by atoms with Crippen LogP contribution in [0.2, 0.25) is 0 Å². The molecule has 1 saturated carbocycles. The van der Waals surface area contributed by atoms with Crippen LogP contribution < -0.4 is 0 Å². The van der Waals surface area contributed by atoms with Gasteiger partial charge in [0, 0.05) is 12.0 Å². The van der Waals surface area contributed by atoms with E-state index in [2.05, 4.69) is 12.2 Å². The number of benzene rings is 2. The summed E-state index contributed by atoms with van der Waals surface area (Å²) < 4.78 is 17.0. The predicted octanol–water partition coefficient (Wildman–Crippen LogP) is 5.10. The summed E-state index contributed by atoms with van der Waals surface area (Å²) in [7, 11) is 0. The molecular weight excluding hydrogens is 488 g/mol. The number of fused-ring (bicyclic) bond motifs is 1. The lowest BCUT2D eigenvalue weighted by atomic mass is 9.89. The lowest BCUT2D eigenvalue weighted by Crippen LogP contribution is -2.28. The van der Waals surface area contributed by atoms with Gasteiger partial charge in [0.25, 0.3) is 0 Å². The fraction of sp³-hybridized carbons (Fsp3) is 0.367. The zero-order chi connectivity index (χ0) is 27.1. The number of aromatic hydroxyl groups is 2. The fourth-order valence-electron chi connectivity index (χ4n) is 4.98. The molecule has 2 N–H and O–H groups in total. The zero-order valence-corrected chi connectivity index (χ0v) is 21.2. The molecule has 0 bridgehead atoms. The van der Waals surface area contributed by atoms with Crippen molar-refractivity contribution in [2.45, 2.75) is 57.3 Å². The summed E-state index contributed by atoms with van der Waals surface area (Å²) in [5, 5.41) is 20.2. The van der Waals surface area contributed by atoms with Crippen LogP contribution in [0.3, 0.4) is 0 Å². The minimum atomic E-state index is -0.853. The summed E-state index contributed by atoms with van der Waals surface area (Å²) in [4.78, 5) is 38.2. The molecule has 5 atom stereocenters. The van der Waals surface area contributed by atoms with Gasteiger partial charge in [0.2, 0.25) is 0 Å². The van der Waals surface area contributed by atoms with Crippen LogP contribution in [0, 0.1) is 11.8 Å². The molecule has 1 heterocycles. The van der Waals surface area contributed by atoms with Crippen LogP contribution in [0.25, 0.3) is 0 Å². The number of para-hydroxylation sites is 2. The quantitative estimate of drug-likeness (QED) is 0.325. The van der Waals surface area contributed by atoms with Gasteiger partial charge in [0.05, 0.1) is 6.10 Å². The van der Waals surface area contributed by atoms with Gasteiger partial charge in [-0.2, -0.15) is 0 Å². The largest absolute Gasteiger partial charge is 0.507 e. The van der Waals surface area contributed by atoms with E-state index in [-0.39, 0.29) is 40.6 Å². The Bertz CT molecular complexity index is 1220. The molecule has 2 aliphatic rings. The summed E-state index contributed by atoms with van der Waals surface area (Å²) in [6.07, 6.45) is 8.46. The molecule has 38 heavy (non-hydrogen) atoms. The first-order chi connectivity index (χ1) is 18.3. The van der Waals surface area contributed by atoms with Crippen molar-refractivity contribution >= 4 is 17.9 Å². The van der Waals surface area contributed by atoms with Crippen molar-refractivity contribution in [1.29, 1.82) is 0 Å². The van der Waals surface area contributed by atoms with E-state index in [1.807, 2.05) is 6.92 Å². The fourth-order valence-corrected chi connectivity index (χ4v) is 4.98. The van der Waals surface area contributed by atoms with Gasteiger partial charge >= 0.3 is 17.9 Å². The van der Waals surface area contributed by atoms with E-state index < -0.39 is 30.1 Å². The highest BCUT2D eigenvalue weighted by Crippen LogP contribution is 2.40. The third kappa shape index (κ3) is 6.82. The second-order valence-electron chi connectivity index (χ2n) is 9.70. The molecular formula is C30H32O8. The van der Waals surface area contributed by atoms with Gasteiger partial charge < -0.3 is 24.4 Å². The molecule has 0 radical (unpaired) electrons. The van der Waals surface area contributed by atoms with Gasteiger partial charge in [0.1, 0.15) is 34.8 Å². The van der Waals surface area contributed by atoms with Crippen LogP contribution in [0.1, 0.15) is 59.7 Å². The second kappa shape index (κ2) is 12.4. The lowest BCUT2D eigenvalue weighted by Gasteiger charge is -2.25. The van der Waals surface area contributed by atoms with Gasteiger partial charge in [-0.3, -0.25) is 0 Å². The second-order valence-corrected chi connectivity index (χ2v) is 9.70. The normalized spacial score (nSPS) is 27.4. The number of hydrogen-bond donors (Lipinski definition) is 2. The molecule has 8 heteroatoms. The Labute approximate surface area is 221 Å². The summed E-state index contributed by atoms with van der Waals surface area (Å²) in [6.45, 7) is 1.84. The molecule has 2 aromatic rings. The van der Waals surface area contributed by atoms with Gasteiger partial charge in [0.15, 0.2) is 0 Å². The van der Waals surface area contributed by atoms with E-state index >= 15 is 0 Å². The number of phenols is 2. The number of cyclic esters (lactones) is 1. The number of ether oxygens (including phenoxy) is 3. The Morgan fingerprint density at radius 3 is 2.18 bits per heavy atom. The smallest absolute Gasteiger partial charge is 0.342 e. The third-order valence-electron chi connectivity index (χ3n) is 6.91. The van der Waals surface area contributed by atoms with Gasteiger partial charge in [-0.15, -0.1) is 0 Å². The molecule has 4 rings (SSSR count). The third-order valence-corrected chi connectivity index (χ3v) is 6.91. The number of rotatable bonds is 4. The molecule has 0 spiro atoms. The average Bonchev–Trinajstić information content (AvgIpc) is 3.28. The molecule has 0 amide bonds. The van der Waals surface area contributed by atoms with Gasteiger partial charge in [-0.25, -0.2) is 14.4 Å². The number of allylic oxidation sites excluding steroid dienone is 2. The Balaban J connectivity index is 1.60. The summed E-state index contributed by atoms with van der Waals surface area (Å²) >= 11 is 0. The van der Waals surface area contributed by atoms with E-state index in [9.17, 15) is 24.6 Å². The number of phenolic OH excluding ortho intramolecular Hbond substituents is 2. The lowest BCUT2D eigenvalue weighted by molar-refractivity contribution is -0.142. The SMILES string of the molecule is C[C@H]1CCC/C=C/[C@@H]2C[C@H](OC(=O)c3ccccc3O)C[C@H]2[C@H](OC(=O)c2ccccc2O)/C=C/C(=O)O1. The van der Waals surface area contributed by atoms with Crippen LogP contribution in [0.5, 0.6) is 11.5 Å². The molecule has 1 aliphatic carbocycles. The maximum atomic E-state index is 13.0. The van der Waals surface area contributed by atoms with Crippen molar-refractivity contribution in [2.75, 3.05) is 0 Å². The minimum Gasteiger partial charge on any atom is -0.507 e. The molecule has 1 fully saturated rings.